The standard InChI is InChI=1S/C21H32O5/c1-11(2)18-15-9-17(22)12(3)13-6-7-21(25,10-26-5)14(13)8-16(19(18)23)20(15,4)24/h8,11-13,16-17,22,24-25H,6-7,9-10H2,1-5H3/b14-8+/t12-,13+,16?,17+,20+,21+/m1/s1. The van der Waals surface area contributed by atoms with Crippen molar-refractivity contribution in [1.82, 2.24) is 0 Å². The second kappa shape index (κ2) is 6.55. The number of ketones is 1. The highest BCUT2D eigenvalue weighted by molar-refractivity contribution is 6.04. The molecular formula is C21H32O5. The lowest BCUT2D eigenvalue weighted by Crippen LogP contribution is -2.38. The van der Waals surface area contributed by atoms with Crippen molar-refractivity contribution in [3.63, 3.8) is 0 Å². The molecule has 26 heavy (non-hydrogen) atoms. The lowest BCUT2D eigenvalue weighted by molar-refractivity contribution is -0.121. The van der Waals surface area contributed by atoms with Crippen molar-refractivity contribution < 1.29 is 24.9 Å². The fraction of sp³-hybridized carbons (Fsp3) is 0.762. The van der Waals surface area contributed by atoms with Gasteiger partial charge in [-0.05, 0) is 55.1 Å². The average Bonchev–Trinajstić information content (AvgIpc) is 2.95. The third-order valence-electron chi connectivity index (χ3n) is 6.86. The summed E-state index contributed by atoms with van der Waals surface area (Å²) in [5.74, 6) is -0.910. The van der Waals surface area contributed by atoms with E-state index in [1.807, 2.05) is 20.8 Å². The van der Waals surface area contributed by atoms with E-state index in [1.165, 1.54) is 0 Å². The first-order valence-corrected chi connectivity index (χ1v) is 9.66. The fourth-order valence-corrected chi connectivity index (χ4v) is 5.32. The van der Waals surface area contributed by atoms with E-state index < -0.39 is 23.2 Å². The Bertz CT molecular complexity index is 659. The van der Waals surface area contributed by atoms with Crippen LogP contribution in [0.3, 0.4) is 0 Å². The van der Waals surface area contributed by atoms with Gasteiger partial charge in [-0.2, -0.15) is 0 Å². The van der Waals surface area contributed by atoms with E-state index >= 15 is 0 Å². The van der Waals surface area contributed by atoms with E-state index in [-0.39, 0.29) is 30.1 Å². The van der Waals surface area contributed by atoms with Crippen LogP contribution in [0.5, 0.6) is 0 Å². The molecule has 5 nitrogen and oxygen atoms in total. The first-order valence-electron chi connectivity index (χ1n) is 9.66. The van der Waals surface area contributed by atoms with Gasteiger partial charge in [0.25, 0.3) is 0 Å². The highest BCUT2D eigenvalue weighted by atomic mass is 16.5. The topological polar surface area (TPSA) is 87.0 Å². The Morgan fingerprint density at radius 3 is 2.58 bits per heavy atom. The van der Waals surface area contributed by atoms with Crippen LogP contribution in [0.4, 0.5) is 0 Å². The van der Waals surface area contributed by atoms with Gasteiger partial charge in [0, 0.05) is 12.7 Å². The van der Waals surface area contributed by atoms with Gasteiger partial charge in [-0.15, -0.1) is 0 Å². The minimum atomic E-state index is -1.34. The van der Waals surface area contributed by atoms with Crippen LogP contribution in [-0.4, -0.2) is 52.1 Å². The summed E-state index contributed by atoms with van der Waals surface area (Å²) in [6.45, 7) is 7.70. The van der Waals surface area contributed by atoms with Crippen molar-refractivity contribution in [3.05, 3.63) is 22.8 Å². The van der Waals surface area contributed by atoms with Crippen LogP contribution in [0, 0.1) is 23.7 Å². The molecule has 3 rings (SSSR count). The summed E-state index contributed by atoms with van der Waals surface area (Å²) in [7, 11) is 1.55. The number of ether oxygens (including phenoxy) is 1. The molecule has 3 N–H and O–H groups in total. The summed E-state index contributed by atoms with van der Waals surface area (Å²) in [4.78, 5) is 13.2. The zero-order valence-electron chi connectivity index (χ0n) is 16.5. The lowest BCUT2D eigenvalue weighted by atomic mass is 9.79. The number of methoxy groups -OCH3 is 1. The first kappa shape index (κ1) is 19.7. The van der Waals surface area contributed by atoms with Gasteiger partial charge >= 0.3 is 0 Å². The number of fused-ring (bicyclic) bond motifs is 3. The molecule has 1 fully saturated rings. The van der Waals surface area contributed by atoms with Crippen molar-refractivity contribution in [2.24, 2.45) is 23.7 Å². The lowest BCUT2D eigenvalue weighted by Gasteiger charge is -2.31. The van der Waals surface area contributed by atoms with E-state index in [0.29, 0.717) is 24.0 Å². The molecule has 6 atom stereocenters. The molecule has 0 radical (unpaired) electrons. The molecule has 0 aromatic carbocycles. The summed E-state index contributed by atoms with van der Waals surface area (Å²) in [6.07, 6.45) is 2.69. The number of aliphatic hydroxyl groups excluding tert-OH is 1. The van der Waals surface area contributed by atoms with Gasteiger partial charge in [-0.25, -0.2) is 0 Å². The van der Waals surface area contributed by atoms with Crippen molar-refractivity contribution in [3.8, 4) is 0 Å². The average molecular weight is 364 g/mol. The van der Waals surface area contributed by atoms with Crippen LogP contribution in [0.15, 0.2) is 22.8 Å². The van der Waals surface area contributed by atoms with E-state index in [4.69, 9.17) is 4.74 Å². The van der Waals surface area contributed by atoms with Crippen molar-refractivity contribution in [2.45, 2.75) is 64.3 Å². The van der Waals surface area contributed by atoms with Gasteiger partial charge in [0.15, 0.2) is 5.78 Å². The Hall–Kier alpha value is -1.01. The largest absolute Gasteiger partial charge is 0.392 e. The third kappa shape index (κ3) is 2.80. The monoisotopic (exact) mass is 364 g/mol. The number of hydrogen-bond donors (Lipinski definition) is 3. The number of rotatable bonds is 3. The van der Waals surface area contributed by atoms with Gasteiger partial charge in [-0.3, -0.25) is 4.79 Å². The minimum Gasteiger partial charge on any atom is -0.392 e. The van der Waals surface area contributed by atoms with Crippen LogP contribution >= 0.6 is 0 Å². The van der Waals surface area contributed by atoms with Crippen molar-refractivity contribution >= 4 is 5.78 Å². The maximum atomic E-state index is 13.2. The SMILES string of the molecule is COC[C@@]1(O)CC[C@@H]2/C1=C\C1C(=O)C(C(C)C)=C(C[C@H](O)[C@@H]2C)[C@]1(C)O. The molecule has 2 bridgehead atoms. The predicted octanol–water partition coefficient (Wildman–Crippen LogP) is 2.00. The number of allylic oxidation sites excluding steroid dienone is 1. The maximum Gasteiger partial charge on any atom is 0.169 e. The number of aliphatic hydroxyl groups is 3. The number of hydrogen-bond acceptors (Lipinski definition) is 5. The summed E-state index contributed by atoms with van der Waals surface area (Å²) in [5, 5.41) is 33.3. The zero-order valence-corrected chi connectivity index (χ0v) is 16.5. The molecule has 3 aliphatic rings. The Kier molecular flexibility index (Phi) is 4.98. The summed E-state index contributed by atoms with van der Waals surface area (Å²) in [6, 6.07) is 0. The van der Waals surface area contributed by atoms with Gasteiger partial charge in [0.1, 0.15) is 5.60 Å². The van der Waals surface area contributed by atoms with Crippen LogP contribution in [0.1, 0.15) is 47.0 Å². The number of carbonyl (C=O) groups is 1. The zero-order chi connectivity index (χ0) is 19.4. The summed E-state index contributed by atoms with van der Waals surface area (Å²) < 4.78 is 5.25. The van der Waals surface area contributed by atoms with Gasteiger partial charge in [0.05, 0.1) is 24.2 Å². The fourth-order valence-electron chi connectivity index (χ4n) is 5.32. The van der Waals surface area contributed by atoms with E-state index in [0.717, 1.165) is 12.0 Å². The summed E-state index contributed by atoms with van der Waals surface area (Å²) in [5.41, 5.74) is -0.440. The smallest absolute Gasteiger partial charge is 0.169 e. The molecule has 0 amide bonds. The van der Waals surface area contributed by atoms with E-state index in [2.05, 4.69) is 0 Å². The molecule has 1 unspecified atom stereocenters. The molecule has 3 aliphatic carbocycles. The molecule has 0 spiro atoms. The van der Waals surface area contributed by atoms with Crippen LogP contribution in [0.2, 0.25) is 0 Å². The molecule has 5 heteroatoms. The molecular weight excluding hydrogens is 332 g/mol. The minimum absolute atomic E-state index is 0.0174. The Labute approximate surface area is 155 Å². The third-order valence-corrected chi connectivity index (χ3v) is 6.86. The molecule has 0 heterocycles. The number of Topliss-reactive ketones (excluding diaryl/α,β-unsaturated/α-hetero) is 1. The Morgan fingerprint density at radius 1 is 1.35 bits per heavy atom. The summed E-state index contributed by atoms with van der Waals surface area (Å²) >= 11 is 0. The van der Waals surface area contributed by atoms with Crippen LogP contribution in [0.25, 0.3) is 0 Å². The Morgan fingerprint density at radius 2 is 2.00 bits per heavy atom. The molecule has 1 saturated carbocycles. The highest BCUT2D eigenvalue weighted by Crippen LogP contribution is 2.52. The second-order valence-corrected chi connectivity index (χ2v) is 8.90. The molecule has 0 aromatic heterocycles. The van der Waals surface area contributed by atoms with E-state index in [9.17, 15) is 20.1 Å². The van der Waals surface area contributed by atoms with Crippen molar-refractivity contribution in [2.75, 3.05) is 13.7 Å². The van der Waals surface area contributed by atoms with Crippen LogP contribution < -0.4 is 0 Å². The van der Waals surface area contributed by atoms with E-state index in [1.54, 1.807) is 20.1 Å². The van der Waals surface area contributed by atoms with Gasteiger partial charge in [0.2, 0.25) is 0 Å². The number of carbonyl (C=O) groups excluding carboxylic acids is 1. The predicted molar refractivity (Wildman–Crippen MR) is 98.4 cm³/mol. The molecule has 146 valence electrons. The molecule has 0 aliphatic heterocycles. The maximum absolute atomic E-state index is 13.2. The second-order valence-electron chi connectivity index (χ2n) is 8.90. The first-order chi connectivity index (χ1) is 12.0. The van der Waals surface area contributed by atoms with Gasteiger partial charge < -0.3 is 20.1 Å². The molecule has 0 saturated heterocycles. The molecule has 0 aromatic rings. The quantitative estimate of drug-likeness (QED) is 0.667. The normalized spacial score (nSPS) is 45.3. The van der Waals surface area contributed by atoms with Gasteiger partial charge in [-0.1, -0.05) is 26.8 Å². The highest BCUT2D eigenvalue weighted by Gasteiger charge is 2.54. The Balaban J connectivity index is 2.19. The van der Waals surface area contributed by atoms with Crippen molar-refractivity contribution in [1.29, 1.82) is 0 Å². The van der Waals surface area contributed by atoms with Crippen LogP contribution in [-0.2, 0) is 9.53 Å².